The van der Waals surface area contributed by atoms with E-state index in [-0.39, 0.29) is 29.4 Å². The summed E-state index contributed by atoms with van der Waals surface area (Å²) in [4.78, 5) is 11.1. The smallest absolute Gasteiger partial charge is 0.300 e. The second kappa shape index (κ2) is 6.30. The van der Waals surface area contributed by atoms with Crippen LogP contribution in [-0.4, -0.2) is 5.78 Å². The van der Waals surface area contributed by atoms with Crippen LogP contribution in [0.15, 0.2) is 42.5 Å². The van der Waals surface area contributed by atoms with E-state index in [2.05, 4.69) is 0 Å². The molecule has 0 aliphatic heterocycles. The molecular weight excluding hydrogens is 334 g/mol. The minimum atomic E-state index is -4.90. The number of carbonyl (C=O) groups excluding carboxylic acids is 1. The number of benzene rings is 2. The summed E-state index contributed by atoms with van der Waals surface area (Å²) in [5, 5.41) is 0. The predicted octanol–water partition coefficient (Wildman–Crippen LogP) is 5.52. The first kappa shape index (κ1) is 18.0. The molecule has 0 saturated heterocycles. The first-order valence-electron chi connectivity index (χ1n) is 6.85. The van der Waals surface area contributed by atoms with Crippen molar-refractivity contribution in [2.45, 2.75) is 25.7 Å². The molecule has 2 aromatic carbocycles. The standard InChI is InChI=1S/C17H12F6O/c1-10(24)5-11-3-2-4-12(6-11)13-7-14(16(18,19)20)9-15(8-13)17(21,22)23/h2-4,6-9H,5H2,1H3. The van der Waals surface area contributed by atoms with E-state index in [1.165, 1.54) is 25.1 Å². The third-order valence-electron chi connectivity index (χ3n) is 3.30. The summed E-state index contributed by atoms with van der Waals surface area (Å²) in [7, 11) is 0. The first-order valence-corrected chi connectivity index (χ1v) is 6.85. The summed E-state index contributed by atoms with van der Waals surface area (Å²) in [5.74, 6) is -0.160. The van der Waals surface area contributed by atoms with Crippen molar-refractivity contribution in [2.24, 2.45) is 0 Å². The highest BCUT2D eigenvalue weighted by molar-refractivity contribution is 5.79. The molecule has 0 spiro atoms. The SMILES string of the molecule is CC(=O)Cc1cccc(-c2cc(C(F)(F)F)cc(C(F)(F)F)c2)c1. The van der Waals surface area contributed by atoms with E-state index >= 15 is 0 Å². The molecule has 0 N–H and O–H groups in total. The third-order valence-corrected chi connectivity index (χ3v) is 3.30. The van der Waals surface area contributed by atoms with E-state index in [9.17, 15) is 31.1 Å². The number of hydrogen-bond acceptors (Lipinski definition) is 1. The summed E-state index contributed by atoms with van der Waals surface area (Å²) in [5.41, 5.74) is -2.24. The topological polar surface area (TPSA) is 17.1 Å². The van der Waals surface area contributed by atoms with Crippen molar-refractivity contribution in [1.82, 2.24) is 0 Å². The third kappa shape index (κ3) is 4.37. The van der Waals surface area contributed by atoms with Crippen LogP contribution in [0.3, 0.4) is 0 Å². The maximum atomic E-state index is 12.9. The van der Waals surface area contributed by atoms with Gasteiger partial charge in [-0.15, -0.1) is 0 Å². The molecule has 2 rings (SSSR count). The van der Waals surface area contributed by atoms with Crippen molar-refractivity contribution in [2.75, 3.05) is 0 Å². The Hall–Kier alpha value is -2.31. The molecule has 128 valence electrons. The van der Waals surface area contributed by atoms with Crippen molar-refractivity contribution in [3.8, 4) is 11.1 Å². The minimum Gasteiger partial charge on any atom is -0.300 e. The molecular formula is C17H12F6O. The highest BCUT2D eigenvalue weighted by Gasteiger charge is 2.36. The van der Waals surface area contributed by atoms with E-state index in [1.54, 1.807) is 6.07 Å². The zero-order valence-corrected chi connectivity index (χ0v) is 12.4. The number of halogens is 6. The number of Topliss-reactive ketones (excluding diaryl/α,β-unsaturated/α-hetero) is 1. The fourth-order valence-electron chi connectivity index (χ4n) is 2.27. The fraction of sp³-hybridized carbons (Fsp3) is 0.235. The summed E-state index contributed by atoms with van der Waals surface area (Å²) >= 11 is 0. The van der Waals surface area contributed by atoms with Crippen molar-refractivity contribution < 1.29 is 31.1 Å². The number of ketones is 1. The van der Waals surface area contributed by atoms with Crippen LogP contribution >= 0.6 is 0 Å². The van der Waals surface area contributed by atoms with Crippen LogP contribution in [0.4, 0.5) is 26.3 Å². The lowest BCUT2D eigenvalue weighted by Crippen LogP contribution is -2.11. The van der Waals surface area contributed by atoms with Crippen LogP contribution in [0, 0.1) is 0 Å². The largest absolute Gasteiger partial charge is 0.416 e. The lowest BCUT2D eigenvalue weighted by Gasteiger charge is -2.14. The number of carbonyl (C=O) groups is 1. The van der Waals surface area contributed by atoms with Crippen LogP contribution in [0.5, 0.6) is 0 Å². The van der Waals surface area contributed by atoms with E-state index in [4.69, 9.17) is 0 Å². The average Bonchev–Trinajstić information content (AvgIpc) is 2.44. The quantitative estimate of drug-likeness (QED) is 0.669. The van der Waals surface area contributed by atoms with Gasteiger partial charge in [0.05, 0.1) is 11.1 Å². The van der Waals surface area contributed by atoms with Crippen LogP contribution in [0.1, 0.15) is 23.6 Å². The molecule has 0 unspecified atom stereocenters. The summed E-state index contributed by atoms with van der Waals surface area (Å²) in [6, 6.07) is 7.31. The van der Waals surface area contributed by atoms with Gasteiger partial charge in [-0.25, -0.2) is 0 Å². The normalized spacial score (nSPS) is 12.3. The Morgan fingerprint density at radius 2 is 1.38 bits per heavy atom. The van der Waals surface area contributed by atoms with Crippen molar-refractivity contribution in [1.29, 1.82) is 0 Å². The molecule has 7 heteroatoms. The van der Waals surface area contributed by atoms with Gasteiger partial charge in [-0.2, -0.15) is 26.3 Å². The van der Waals surface area contributed by atoms with Crippen LogP contribution in [0.2, 0.25) is 0 Å². The van der Waals surface area contributed by atoms with E-state index in [0.717, 1.165) is 0 Å². The highest BCUT2D eigenvalue weighted by Crippen LogP contribution is 2.38. The molecule has 0 amide bonds. The van der Waals surface area contributed by atoms with Gasteiger partial charge in [-0.3, -0.25) is 4.79 Å². The Labute approximate surface area is 133 Å². The number of hydrogen-bond donors (Lipinski definition) is 0. The monoisotopic (exact) mass is 346 g/mol. The Morgan fingerprint density at radius 1 is 0.833 bits per heavy atom. The van der Waals surface area contributed by atoms with Gasteiger partial charge < -0.3 is 0 Å². The molecule has 1 nitrogen and oxygen atoms in total. The Morgan fingerprint density at radius 3 is 1.83 bits per heavy atom. The van der Waals surface area contributed by atoms with Crippen molar-refractivity contribution >= 4 is 5.78 Å². The molecule has 0 radical (unpaired) electrons. The number of alkyl halides is 6. The van der Waals surface area contributed by atoms with Gasteiger partial charge in [0.25, 0.3) is 0 Å². The maximum absolute atomic E-state index is 12.9. The lowest BCUT2D eigenvalue weighted by molar-refractivity contribution is -0.143. The first-order chi connectivity index (χ1) is 11.0. The fourth-order valence-corrected chi connectivity index (χ4v) is 2.27. The van der Waals surface area contributed by atoms with Crippen molar-refractivity contribution in [3.05, 3.63) is 59.2 Å². The van der Waals surface area contributed by atoms with Gasteiger partial charge in [0.1, 0.15) is 5.78 Å². The van der Waals surface area contributed by atoms with Gasteiger partial charge >= 0.3 is 12.4 Å². The Kier molecular flexibility index (Phi) is 4.73. The van der Waals surface area contributed by atoms with Crippen LogP contribution in [-0.2, 0) is 23.6 Å². The Balaban J connectivity index is 2.59. The molecule has 24 heavy (non-hydrogen) atoms. The molecule has 0 aliphatic rings. The van der Waals surface area contributed by atoms with E-state index in [0.29, 0.717) is 17.7 Å². The van der Waals surface area contributed by atoms with E-state index in [1.807, 2.05) is 0 Å². The van der Waals surface area contributed by atoms with Crippen LogP contribution < -0.4 is 0 Å². The minimum absolute atomic E-state index is 0.0545. The zero-order chi connectivity index (χ0) is 18.1. The van der Waals surface area contributed by atoms with Gasteiger partial charge in [-0.05, 0) is 41.8 Å². The molecule has 0 fully saturated rings. The molecule has 0 aliphatic carbocycles. The van der Waals surface area contributed by atoms with Gasteiger partial charge in [0.15, 0.2) is 0 Å². The summed E-state index contributed by atoms with van der Waals surface area (Å²) in [6.45, 7) is 1.35. The van der Waals surface area contributed by atoms with Gasteiger partial charge in [0.2, 0.25) is 0 Å². The second-order valence-corrected chi connectivity index (χ2v) is 5.37. The van der Waals surface area contributed by atoms with Crippen molar-refractivity contribution in [3.63, 3.8) is 0 Å². The molecule has 0 aromatic heterocycles. The van der Waals surface area contributed by atoms with Crippen LogP contribution in [0.25, 0.3) is 11.1 Å². The lowest BCUT2D eigenvalue weighted by atomic mass is 9.97. The van der Waals surface area contributed by atoms with E-state index < -0.39 is 23.5 Å². The second-order valence-electron chi connectivity index (χ2n) is 5.37. The maximum Gasteiger partial charge on any atom is 0.416 e. The molecule has 0 bridgehead atoms. The highest BCUT2D eigenvalue weighted by atomic mass is 19.4. The average molecular weight is 346 g/mol. The van der Waals surface area contributed by atoms with Gasteiger partial charge in [0, 0.05) is 6.42 Å². The molecule has 0 saturated carbocycles. The molecule has 2 aromatic rings. The molecule has 0 atom stereocenters. The summed E-state index contributed by atoms with van der Waals surface area (Å²) in [6.07, 6.45) is -9.74. The summed E-state index contributed by atoms with van der Waals surface area (Å²) < 4.78 is 77.3. The molecule has 0 heterocycles. The zero-order valence-electron chi connectivity index (χ0n) is 12.4. The van der Waals surface area contributed by atoms with Gasteiger partial charge in [-0.1, -0.05) is 24.3 Å². The Bertz CT molecular complexity index is 726. The predicted molar refractivity (Wildman–Crippen MR) is 76.3 cm³/mol. The number of rotatable bonds is 3.